The summed E-state index contributed by atoms with van der Waals surface area (Å²) in [5.74, 6) is 0. The van der Waals surface area contributed by atoms with Crippen LogP contribution in [0.4, 0.5) is 4.39 Å². The first-order valence-electron chi connectivity index (χ1n) is 3.67. The Labute approximate surface area is 88.4 Å². The summed E-state index contributed by atoms with van der Waals surface area (Å²) in [5.41, 5.74) is 1.02. The van der Waals surface area contributed by atoms with Crippen molar-refractivity contribution in [1.29, 1.82) is 0 Å². The highest BCUT2D eigenvalue weighted by Crippen LogP contribution is 2.14. The highest BCUT2D eigenvalue weighted by molar-refractivity contribution is 9.10. The lowest BCUT2D eigenvalue weighted by Gasteiger charge is -2.04. The Morgan fingerprint density at radius 1 is 1.42 bits per heavy atom. The molecule has 0 radical (unpaired) electrons. The molecule has 0 N–H and O–H groups in total. The average molecular weight is 296 g/mol. The number of rotatable bonds is 3. The predicted octanol–water partition coefficient (Wildman–Crippen LogP) is 3.72. The molecule has 0 saturated carbocycles. The van der Waals surface area contributed by atoms with Crippen LogP contribution in [0.3, 0.4) is 0 Å². The molecule has 0 aliphatic carbocycles. The third-order valence-corrected chi connectivity index (χ3v) is 2.71. The van der Waals surface area contributed by atoms with Crippen LogP contribution in [0.5, 0.6) is 0 Å². The molecule has 1 aromatic rings. The summed E-state index contributed by atoms with van der Waals surface area (Å²) < 4.78 is 13.9. The SMILES string of the molecule is FC(CBr)Cc1cccc(Br)c1. The Kier molecular flexibility index (Phi) is 4.22. The van der Waals surface area contributed by atoms with Gasteiger partial charge >= 0.3 is 0 Å². The fraction of sp³-hybridized carbons (Fsp3) is 0.333. The minimum atomic E-state index is -0.792. The van der Waals surface area contributed by atoms with Gasteiger partial charge in [-0.1, -0.05) is 44.0 Å². The van der Waals surface area contributed by atoms with Gasteiger partial charge in [0.05, 0.1) is 0 Å². The molecule has 0 aliphatic heterocycles. The van der Waals surface area contributed by atoms with E-state index >= 15 is 0 Å². The van der Waals surface area contributed by atoms with E-state index in [2.05, 4.69) is 31.9 Å². The van der Waals surface area contributed by atoms with E-state index in [0.29, 0.717) is 11.8 Å². The number of hydrogen-bond acceptors (Lipinski definition) is 0. The van der Waals surface area contributed by atoms with Crippen molar-refractivity contribution in [2.45, 2.75) is 12.6 Å². The van der Waals surface area contributed by atoms with Crippen molar-refractivity contribution in [2.75, 3.05) is 5.33 Å². The second-order valence-corrected chi connectivity index (χ2v) is 4.15. The zero-order chi connectivity index (χ0) is 8.97. The van der Waals surface area contributed by atoms with Gasteiger partial charge in [0.15, 0.2) is 0 Å². The zero-order valence-corrected chi connectivity index (χ0v) is 9.61. The van der Waals surface area contributed by atoms with Crippen LogP contribution in [-0.2, 0) is 6.42 Å². The maximum Gasteiger partial charge on any atom is 0.114 e. The molecule has 0 aliphatic rings. The molecule has 0 nitrogen and oxygen atoms in total. The van der Waals surface area contributed by atoms with Crippen LogP contribution in [0.2, 0.25) is 0 Å². The first-order chi connectivity index (χ1) is 5.72. The summed E-state index contributed by atoms with van der Waals surface area (Å²) in [7, 11) is 0. The van der Waals surface area contributed by atoms with Crippen LogP contribution in [0.15, 0.2) is 28.7 Å². The van der Waals surface area contributed by atoms with Crippen LogP contribution in [0, 0.1) is 0 Å². The van der Waals surface area contributed by atoms with Gasteiger partial charge in [-0.2, -0.15) is 0 Å². The van der Waals surface area contributed by atoms with Gasteiger partial charge in [0.1, 0.15) is 6.17 Å². The molecule has 3 heteroatoms. The summed E-state index contributed by atoms with van der Waals surface area (Å²) in [4.78, 5) is 0. The molecule has 0 bridgehead atoms. The topological polar surface area (TPSA) is 0 Å². The van der Waals surface area contributed by atoms with E-state index in [1.54, 1.807) is 0 Å². The van der Waals surface area contributed by atoms with Gasteiger partial charge in [0.25, 0.3) is 0 Å². The normalized spacial score (nSPS) is 12.9. The average Bonchev–Trinajstić information content (AvgIpc) is 2.04. The number of hydrogen-bond donors (Lipinski definition) is 0. The van der Waals surface area contributed by atoms with Crippen molar-refractivity contribution in [3.8, 4) is 0 Å². The van der Waals surface area contributed by atoms with Crippen LogP contribution in [-0.4, -0.2) is 11.5 Å². The molecular formula is C9H9Br2F. The largest absolute Gasteiger partial charge is 0.246 e. The monoisotopic (exact) mass is 294 g/mol. The fourth-order valence-electron chi connectivity index (χ4n) is 0.974. The van der Waals surface area contributed by atoms with E-state index in [9.17, 15) is 4.39 Å². The lowest BCUT2D eigenvalue weighted by Crippen LogP contribution is -2.05. The van der Waals surface area contributed by atoms with Gasteiger partial charge in [0, 0.05) is 16.2 Å². The second-order valence-electron chi connectivity index (χ2n) is 2.59. The second kappa shape index (κ2) is 4.97. The first-order valence-corrected chi connectivity index (χ1v) is 5.58. The minimum Gasteiger partial charge on any atom is -0.246 e. The van der Waals surface area contributed by atoms with Gasteiger partial charge in [-0.25, -0.2) is 4.39 Å². The Hall–Kier alpha value is 0.110. The Morgan fingerprint density at radius 2 is 2.17 bits per heavy atom. The van der Waals surface area contributed by atoms with Gasteiger partial charge in [-0.3, -0.25) is 0 Å². The smallest absolute Gasteiger partial charge is 0.114 e. The van der Waals surface area contributed by atoms with Crippen molar-refractivity contribution in [2.24, 2.45) is 0 Å². The molecule has 0 fully saturated rings. The quantitative estimate of drug-likeness (QED) is 0.746. The number of halogens is 3. The summed E-state index contributed by atoms with van der Waals surface area (Å²) in [6.45, 7) is 0. The maximum atomic E-state index is 12.9. The molecule has 1 unspecified atom stereocenters. The molecule has 0 saturated heterocycles. The van der Waals surface area contributed by atoms with Crippen molar-refractivity contribution in [1.82, 2.24) is 0 Å². The van der Waals surface area contributed by atoms with Crippen LogP contribution < -0.4 is 0 Å². The molecule has 12 heavy (non-hydrogen) atoms. The molecule has 1 aromatic carbocycles. The Balaban J connectivity index is 2.63. The van der Waals surface area contributed by atoms with Crippen LogP contribution >= 0.6 is 31.9 Å². The van der Waals surface area contributed by atoms with Gasteiger partial charge < -0.3 is 0 Å². The molecule has 66 valence electrons. The lowest BCUT2D eigenvalue weighted by molar-refractivity contribution is 0.368. The predicted molar refractivity (Wildman–Crippen MR) is 56.5 cm³/mol. The zero-order valence-electron chi connectivity index (χ0n) is 6.43. The minimum absolute atomic E-state index is 0.402. The Morgan fingerprint density at radius 3 is 2.75 bits per heavy atom. The number of benzene rings is 1. The standard InChI is InChI=1S/C9H9Br2F/c10-6-9(12)5-7-2-1-3-8(11)4-7/h1-4,9H,5-6H2. The van der Waals surface area contributed by atoms with E-state index in [-0.39, 0.29) is 0 Å². The summed E-state index contributed by atoms with van der Waals surface area (Å²) in [6, 6.07) is 7.72. The number of alkyl halides is 2. The van der Waals surface area contributed by atoms with E-state index in [0.717, 1.165) is 10.0 Å². The fourth-order valence-corrected chi connectivity index (χ4v) is 1.65. The molecule has 0 aromatic heterocycles. The van der Waals surface area contributed by atoms with Gasteiger partial charge in [0.2, 0.25) is 0 Å². The summed E-state index contributed by atoms with van der Waals surface area (Å²) in [6.07, 6.45) is -0.315. The first kappa shape index (κ1) is 10.2. The van der Waals surface area contributed by atoms with E-state index in [1.165, 1.54) is 0 Å². The molecule has 1 rings (SSSR count). The van der Waals surface area contributed by atoms with Crippen molar-refractivity contribution < 1.29 is 4.39 Å². The highest BCUT2D eigenvalue weighted by atomic mass is 79.9. The molecule has 1 atom stereocenters. The third kappa shape index (κ3) is 3.23. The van der Waals surface area contributed by atoms with Gasteiger partial charge in [-0.05, 0) is 17.7 Å². The highest BCUT2D eigenvalue weighted by Gasteiger charge is 2.04. The van der Waals surface area contributed by atoms with E-state index in [4.69, 9.17) is 0 Å². The summed E-state index contributed by atoms with van der Waals surface area (Å²) >= 11 is 6.44. The Bertz CT molecular complexity index is 250. The van der Waals surface area contributed by atoms with E-state index in [1.807, 2.05) is 24.3 Å². The summed E-state index contributed by atoms with van der Waals surface area (Å²) in [5, 5.41) is 0.402. The van der Waals surface area contributed by atoms with Crippen molar-refractivity contribution in [3.05, 3.63) is 34.3 Å². The lowest BCUT2D eigenvalue weighted by atomic mass is 10.1. The van der Waals surface area contributed by atoms with E-state index < -0.39 is 6.17 Å². The molecule has 0 spiro atoms. The molecule has 0 heterocycles. The third-order valence-electron chi connectivity index (χ3n) is 1.51. The maximum absolute atomic E-state index is 12.9. The molecular weight excluding hydrogens is 287 g/mol. The van der Waals surface area contributed by atoms with Crippen molar-refractivity contribution in [3.63, 3.8) is 0 Å². The van der Waals surface area contributed by atoms with Crippen LogP contribution in [0.1, 0.15) is 5.56 Å². The van der Waals surface area contributed by atoms with Crippen molar-refractivity contribution >= 4 is 31.9 Å². The van der Waals surface area contributed by atoms with Gasteiger partial charge in [-0.15, -0.1) is 0 Å². The van der Waals surface area contributed by atoms with Crippen LogP contribution in [0.25, 0.3) is 0 Å². The molecule has 0 amide bonds.